The van der Waals surface area contributed by atoms with Gasteiger partial charge in [0, 0.05) is 0 Å². The van der Waals surface area contributed by atoms with E-state index in [0.717, 1.165) is 5.69 Å². The van der Waals surface area contributed by atoms with Crippen molar-refractivity contribution in [1.82, 2.24) is 19.9 Å². The standard InChI is InChI=1S/C13H23N5OSi2/c1-9-8-14-11-10(15-9)12(19-21(5,6)7)17-13(16-11)18-20(2,3)4/h8H,1-7H3,(H,14,16,17,18). The van der Waals surface area contributed by atoms with Gasteiger partial charge in [0.15, 0.2) is 11.2 Å². The predicted molar refractivity (Wildman–Crippen MR) is 90.8 cm³/mol. The van der Waals surface area contributed by atoms with E-state index < -0.39 is 16.6 Å². The number of aromatic nitrogens is 4. The molecule has 0 radical (unpaired) electrons. The van der Waals surface area contributed by atoms with Crippen LogP contribution in [0, 0.1) is 6.92 Å². The molecule has 0 aliphatic carbocycles. The summed E-state index contributed by atoms with van der Waals surface area (Å²) in [4.78, 5) is 21.3. The molecule has 0 aromatic carbocycles. The fourth-order valence-corrected chi connectivity index (χ4v) is 3.23. The van der Waals surface area contributed by atoms with E-state index >= 15 is 0 Å². The van der Waals surface area contributed by atoms with Crippen molar-refractivity contribution < 1.29 is 4.43 Å². The monoisotopic (exact) mass is 321 g/mol. The topological polar surface area (TPSA) is 72.8 Å². The van der Waals surface area contributed by atoms with E-state index in [2.05, 4.69) is 64.2 Å². The summed E-state index contributed by atoms with van der Waals surface area (Å²) in [5, 5.41) is 0. The van der Waals surface area contributed by atoms with E-state index in [1.165, 1.54) is 0 Å². The number of hydrogen-bond acceptors (Lipinski definition) is 6. The molecule has 0 unspecified atom stereocenters. The molecule has 0 amide bonds. The Morgan fingerprint density at radius 3 is 2.24 bits per heavy atom. The van der Waals surface area contributed by atoms with E-state index in [1.807, 2.05) is 6.92 Å². The summed E-state index contributed by atoms with van der Waals surface area (Å²) in [6.07, 6.45) is 1.71. The molecule has 0 atom stereocenters. The summed E-state index contributed by atoms with van der Waals surface area (Å²) in [7, 11) is -3.33. The Balaban J connectivity index is 2.57. The molecule has 0 bridgehead atoms. The van der Waals surface area contributed by atoms with Crippen molar-refractivity contribution in [3.63, 3.8) is 0 Å². The molecule has 0 aliphatic rings. The molecular formula is C13H23N5OSi2. The minimum absolute atomic E-state index is 0.538. The molecule has 0 saturated carbocycles. The van der Waals surface area contributed by atoms with Gasteiger partial charge in [-0.1, -0.05) is 19.6 Å². The number of anilines is 1. The van der Waals surface area contributed by atoms with Gasteiger partial charge in [-0.2, -0.15) is 9.97 Å². The van der Waals surface area contributed by atoms with Gasteiger partial charge in [0.1, 0.15) is 8.24 Å². The first-order valence-electron chi connectivity index (χ1n) is 7.02. The maximum absolute atomic E-state index is 6.09. The number of fused-ring (bicyclic) bond motifs is 1. The Labute approximate surface area is 127 Å². The fourth-order valence-electron chi connectivity index (χ4n) is 1.72. The van der Waals surface area contributed by atoms with Crippen LogP contribution in [0.5, 0.6) is 5.88 Å². The lowest BCUT2D eigenvalue weighted by atomic mass is 10.4. The first-order valence-corrected chi connectivity index (χ1v) is 13.9. The third-order valence-electron chi connectivity index (χ3n) is 2.39. The van der Waals surface area contributed by atoms with Gasteiger partial charge >= 0.3 is 0 Å². The number of rotatable bonds is 4. The first kappa shape index (κ1) is 15.8. The molecule has 2 rings (SSSR count). The van der Waals surface area contributed by atoms with Gasteiger partial charge in [-0.25, -0.2) is 9.97 Å². The van der Waals surface area contributed by atoms with Gasteiger partial charge in [-0.15, -0.1) is 0 Å². The van der Waals surface area contributed by atoms with Crippen molar-refractivity contribution >= 4 is 33.7 Å². The Bertz CT molecular complexity index is 664. The highest BCUT2D eigenvalue weighted by atomic mass is 28.4. The number of aryl methyl sites for hydroxylation is 1. The molecule has 0 aliphatic heterocycles. The summed E-state index contributed by atoms with van der Waals surface area (Å²) in [6, 6.07) is 0. The Morgan fingerprint density at radius 1 is 1.00 bits per heavy atom. The highest BCUT2D eigenvalue weighted by Gasteiger charge is 2.22. The Kier molecular flexibility index (Phi) is 4.02. The maximum atomic E-state index is 6.09. The fraction of sp³-hybridized carbons (Fsp3) is 0.538. The van der Waals surface area contributed by atoms with Crippen molar-refractivity contribution in [2.75, 3.05) is 4.98 Å². The molecule has 6 nitrogen and oxygen atoms in total. The quantitative estimate of drug-likeness (QED) is 0.872. The molecule has 2 aromatic rings. The van der Waals surface area contributed by atoms with Crippen LogP contribution in [-0.4, -0.2) is 36.5 Å². The predicted octanol–water partition coefficient (Wildman–Crippen LogP) is 3.19. The van der Waals surface area contributed by atoms with E-state index in [-0.39, 0.29) is 0 Å². The minimum Gasteiger partial charge on any atom is -0.530 e. The van der Waals surface area contributed by atoms with Crippen LogP contribution in [0.4, 0.5) is 5.95 Å². The Morgan fingerprint density at radius 2 is 1.67 bits per heavy atom. The zero-order valence-electron chi connectivity index (χ0n) is 13.8. The second kappa shape index (κ2) is 5.34. The molecule has 1 N–H and O–H groups in total. The van der Waals surface area contributed by atoms with Crippen molar-refractivity contribution in [3.8, 4) is 5.88 Å². The summed E-state index contributed by atoms with van der Waals surface area (Å²) in [6.45, 7) is 14.8. The summed E-state index contributed by atoms with van der Waals surface area (Å²) in [5.41, 5.74) is 2.04. The van der Waals surface area contributed by atoms with Crippen LogP contribution in [0.1, 0.15) is 5.69 Å². The zero-order valence-corrected chi connectivity index (χ0v) is 15.8. The molecule has 0 saturated heterocycles. The third kappa shape index (κ3) is 4.46. The number of hydrogen-bond donors (Lipinski definition) is 1. The van der Waals surface area contributed by atoms with Crippen molar-refractivity contribution in [3.05, 3.63) is 11.9 Å². The van der Waals surface area contributed by atoms with Crippen molar-refractivity contribution in [1.29, 1.82) is 0 Å². The lowest BCUT2D eigenvalue weighted by Gasteiger charge is -2.21. The van der Waals surface area contributed by atoms with Crippen LogP contribution >= 0.6 is 0 Å². The second-order valence-electron chi connectivity index (χ2n) is 7.13. The van der Waals surface area contributed by atoms with Crippen LogP contribution in [0.15, 0.2) is 6.20 Å². The average Bonchev–Trinajstić information content (AvgIpc) is 2.25. The SMILES string of the molecule is Cc1cnc2nc(N[Si](C)(C)C)nc(O[Si](C)(C)C)c2n1. The third-order valence-corrected chi connectivity index (χ3v) is 4.16. The second-order valence-corrected chi connectivity index (χ2v) is 16.3. The highest BCUT2D eigenvalue weighted by molar-refractivity contribution is 6.79. The number of nitrogens with one attached hydrogen (secondary N) is 1. The van der Waals surface area contributed by atoms with Crippen LogP contribution in [0.3, 0.4) is 0 Å². The molecule has 114 valence electrons. The summed E-state index contributed by atoms with van der Waals surface area (Å²) in [5.74, 6) is 1.11. The summed E-state index contributed by atoms with van der Waals surface area (Å²) < 4.78 is 6.09. The minimum atomic E-state index is -1.79. The Hall–Kier alpha value is -1.55. The molecular weight excluding hydrogens is 298 g/mol. The van der Waals surface area contributed by atoms with Crippen LogP contribution in [0.2, 0.25) is 39.3 Å². The van der Waals surface area contributed by atoms with Crippen molar-refractivity contribution in [2.45, 2.75) is 46.2 Å². The van der Waals surface area contributed by atoms with E-state index in [1.54, 1.807) is 6.20 Å². The van der Waals surface area contributed by atoms with E-state index in [4.69, 9.17) is 4.43 Å². The van der Waals surface area contributed by atoms with Gasteiger partial charge in [-0.3, -0.25) is 0 Å². The smallest absolute Gasteiger partial charge is 0.244 e. The molecule has 2 aromatic heterocycles. The summed E-state index contributed by atoms with van der Waals surface area (Å²) >= 11 is 0. The van der Waals surface area contributed by atoms with Crippen LogP contribution in [-0.2, 0) is 0 Å². The van der Waals surface area contributed by atoms with E-state index in [0.29, 0.717) is 23.0 Å². The lowest BCUT2D eigenvalue weighted by molar-refractivity contribution is 0.539. The molecule has 8 heteroatoms. The van der Waals surface area contributed by atoms with E-state index in [9.17, 15) is 0 Å². The van der Waals surface area contributed by atoms with Gasteiger partial charge in [0.2, 0.25) is 20.1 Å². The highest BCUT2D eigenvalue weighted by Crippen LogP contribution is 2.24. The lowest BCUT2D eigenvalue weighted by Crippen LogP contribution is -2.34. The van der Waals surface area contributed by atoms with Crippen molar-refractivity contribution in [2.24, 2.45) is 0 Å². The molecule has 0 spiro atoms. The maximum Gasteiger partial charge on any atom is 0.244 e. The van der Waals surface area contributed by atoms with Gasteiger partial charge in [0.25, 0.3) is 0 Å². The zero-order chi connectivity index (χ0) is 15.8. The van der Waals surface area contributed by atoms with Gasteiger partial charge in [-0.05, 0) is 26.6 Å². The molecule has 2 heterocycles. The molecule has 21 heavy (non-hydrogen) atoms. The van der Waals surface area contributed by atoms with Crippen LogP contribution < -0.4 is 9.41 Å². The normalized spacial score (nSPS) is 12.5. The van der Waals surface area contributed by atoms with Crippen LogP contribution in [0.25, 0.3) is 11.2 Å². The van der Waals surface area contributed by atoms with Gasteiger partial charge in [0.05, 0.1) is 11.9 Å². The number of nitrogens with zero attached hydrogens (tertiary/aromatic N) is 4. The first-order chi connectivity index (χ1) is 9.53. The largest absolute Gasteiger partial charge is 0.530 e. The molecule has 0 fully saturated rings. The average molecular weight is 322 g/mol. The van der Waals surface area contributed by atoms with Gasteiger partial charge < -0.3 is 9.41 Å².